The highest BCUT2D eigenvalue weighted by Gasteiger charge is 2.27. The summed E-state index contributed by atoms with van der Waals surface area (Å²) in [6, 6.07) is 8.96. The van der Waals surface area contributed by atoms with Crippen molar-refractivity contribution >= 4 is 24.2 Å². The first-order valence-corrected chi connectivity index (χ1v) is 6.04. The molecule has 1 aliphatic heterocycles. The van der Waals surface area contributed by atoms with Gasteiger partial charge in [0.2, 0.25) is 11.8 Å². The maximum atomic E-state index is 11.7. The van der Waals surface area contributed by atoms with Crippen LogP contribution in [0, 0.1) is 0 Å². The van der Waals surface area contributed by atoms with Gasteiger partial charge in [-0.2, -0.15) is 0 Å². The molecule has 5 nitrogen and oxygen atoms in total. The van der Waals surface area contributed by atoms with Crippen molar-refractivity contribution in [3.8, 4) is 0 Å². The summed E-state index contributed by atoms with van der Waals surface area (Å²) in [7, 11) is 0. The molecule has 1 unspecified atom stereocenters. The average molecular weight is 284 g/mol. The molecule has 1 saturated heterocycles. The zero-order valence-electron chi connectivity index (χ0n) is 10.5. The summed E-state index contributed by atoms with van der Waals surface area (Å²) in [6.45, 7) is 0.370. The molecule has 2 rings (SSSR count). The van der Waals surface area contributed by atoms with Crippen molar-refractivity contribution < 1.29 is 9.59 Å². The fourth-order valence-corrected chi connectivity index (χ4v) is 1.96. The molecule has 1 aromatic rings. The number of nitrogens with two attached hydrogens (primary N) is 1. The minimum Gasteiger partial charge on any atom is -0.352 e. The van der Waals surface area contributed by atoms with E-state index in [9.17, 15) is 9.59 Å². The van der Waals surface area contributed by atoms with Crippen molar-refractivity contribution in [2.24, 2.45) is 5.73 Å². The van der Waals surface area contributed by atoms with Crippen molar-refractivity contribution in [1.29, 1.82) is 0 Å². The predicted molar refractivity (Wildman–Crippen MR) is 74.8 cm³/mol. The number of halogens is 1. The van der Waals surface area contributed by atoms with Gasteiger partial charge < -0.3 is 16.4 Å². The minimum absolute atomic E-state index is 0. The monoisotopic (exact) mass is 283 g/mol. The molecule has 0 saturated carbocycles. The van der Waals surface area contributed by atoms with E-state index in [4.69, 9.17) is 5.73 Å². The Morgan fingerprint density at radius 3 is 2.68 bits per heavy atom. The van der Waals surface area contributed by atoms with Crippen molar-refractivity contribution in [2.75, 3.05) is 6.54 Å². The second kappa shape index (κ2) is 7.11. The Morgan fingerprint density at radius 2 is 2.11 bits per heavy atom. The van der Waals surface area contributed by atoms with Crippen LogP contribution < -0.4 is 16.4 Å². The van der Waals surface area contributed by atoms with Crippen molar-refractivity contribution in [1.82, 2.24) is 10.6 Å². The zero-order chi connectivity index (χ0) is 13.0. The molecule has 0 aliphatic carbocycles. The van der Waals surface area contributed by atoms with Gasteiger partial charge in [0.15, 0.2) is 0 Å². The molecule has 2 atom stereocenters. The van der Waals surface area contributed by atoms with E-state index in [2.05, 4.69) is 10.6 Å². The second-order valence-corrected chi connectivity index (χ2v) is 4.42. The number of hydrogen-bond acceptors (Lipinski definition) is 3. The summed E-state index contributed by atoms with van der Waals surface area (Å²) in [4.78, 5) is 22.7. The first kappa shape index (κ1) is 15.5. The summed E-state index contributed by atoms with van der Waals surface area (Å²) in [5.74, 6) is -0.227. The molecule has 1 fully saturated rings. The molecular weight excluding hydrogens is 266 g/mol. The Hall–Kier alpha value is -1.59. The molecule has 0 radical (unpaired) electrons. The van der Waals surface area contributed by atoms with E-state index in [1.165, 1.54) is 0 Å². The van der Waals surface area contributed by atoms with Gasteiger partial charge in [0.05, 0.1) is 0 Å². The van der Waals surface area contributed by atoms with E-state index in [0.29, 0.717) is 19.4 Å². The van der Waals surface area contributed by atoms with Crippen molar-refractivity contribution in [2.45, 2.75) is 24.9 Å². The Morgan fingerprint density at radius 1 is 1.42 bits per heavy atom. The summed E-state index contributed by atoms with van der Waals surface area (Å²) in [6.07, 6.45) is 0.980. The number of nitrogens with one attached hydrogen (secondary N) is 2. The lowest BCUT2D eigenvalue weighted by Gasteiger charge is -2.15. The quantitative estimate of drug-likeness (QED) is 0.752. The standard InChI is InChI=1S/C13H17N3O2.ClH/c14-10(9-4-2-1-3-5-9)8-15-13(18)11-6-7-12(17)16-11;/h1-5,10-11H,6-8,14H2,(H,15,18)(H,16,17);1H/t10?,11-;/m0./s1. The molecule has 1 heterocycles. The lowest BCUT2D eigenvalue weighted by atomic mass is 10.1. The Balaban J connectivity index is 0.00000180. The van der Waals surface area contributed by atoms with Gasteiger partial charge in [-0.05, 0) is 12.0 Å². The molecular formula is C13H18ClN3O2. The molecule has 104 valence electrons. The minimum atomic E-state index is -0.402. The highest BCUT2D eigenvalue weighted by Crippen LogP contribution is 2.09. The van der Waals surface area contributed by atoms with Gasteiger partial charge in [0.1, 0.15) is 6.04 Å². The maximum Gasteiger partial charge on any atom is 0.242 e. The van der Waals surface area contributed by atoms with E-state index in [0.717, 1.165) is 5.56 Å². The van der Waals surface area contributed by atoms with Gasteiger partial charge in [0.25, 0.3) is 0 Å². The molecule has 1 aliphatic rings. The number of amides is 2. The SMILES string of the molecule is Cl.NC(CNC(=O)[C@@H]1CCC(=O)N1)c1ccccc1. The van der Waals surface area contributed by atoms with Crippen LogP contribution in [0.25, 0.3) is 0 Å². The van der Waals surface area contributed by atoms with E-state index < -0.39 is 6.04 Å². The van der Waals surface area contributed by atoms with E-state index in [-0.39, 0.29) is 30.3 Å². The van der Waals surface area contributed by atoms with Gasteiger partial charge in [0, 0.05) is 19.0 Å². The van der Waals surface area contributed by atoms with Gasteiger partial charge in [-0.25, -0.2) is 0 Å². The van der Waals surface area contributed by atoms with Crippen LogP contribution in [0.15, 0.2) is 30.3 Å². The van der Waals surface area contributed by atoms with Gasteiger partial charge in [-0.15, -0.1) is 12.4 Å². The first-order chi connectivity index (χ1) is 8.66. The summed E-state index contributed by atoms with van der Waals surface area (Å²) in [5.41, 5.74) is 6.95. The van der Waals surface area contributed by atoms with Crippen LogP contribution in [0.4, 0.5) is 0 Å². The van der Waals surface area contributed by atoms with Gasteiger partial charge >= 0.3 is 0 Å². The van der Waals surface area contributed by atoms with E-state index in [1.807, 2.05) is 30.3 Å². The third-order valence-electron chi connectivity index (χ3n) is 3.04. The van der Waals surface area contributed by atoms with E-state index in [1.54, 1.807) is 0 Å². The van der Waals surface area contributed by atoms with Crippen LogP contribution >= 0.6 is 12.4 Å². The molecule has 0 aromatic heterocycles. The number of carbonyl (C=O) groups excluding carboxylic acids is 2. The molecule has 19 heavy (non-hydrogen) atoms. The third kappa shape index (κ3) is 4.22. The topological polar surface area (TPSA) is 84.2 Å². The fourth-order valence-electron chi connectivity index (χ4n) is 1.96. The number of carbonyl (C=O) groups is 2. The largest absolute Gasteiger partial charge is 0.352 e. The van der Waals surface area contributed by atoms with Crippen LogP contribution in [0.2, 0.25) is 0 Å². The zero-order valence-corrected chi connectivity index (χ0v) is 11.3. The fraction of sp³-hybridized carbons (Fsp3) is 0.385. The van der Waals surface area contributed by atoms with Gasteiger partial charge in [-0.1, -0.05) is 30.3 Å². The number of hydrogen-bond donors (Lipinski definition) is 3. The molecule has 0 spiro atoms. The Kier molecular flexibility index (Phi) is 5.79. The Labute approximate surface area is 118 Å². The molecule has 4 N–H and O–H groups in total. The molecule has 1 aromatic carbocycles. The van der Waals surface area contributed by atoms with Crippen molar-refractivity contribution in [3.05, 3.63) is 35.9 Å². The van der Waals surface area contributed by atoms with Crippen LogP contribution in [-0.2, 0) is 9.59 Å². The highest BCUT2D eigenvalue weighted by molar-refractivity contribution is 5.90. The molecule has 0 bridgehead atoms. The first-order valence-electron chi connectivity index (χ1n) is 6.04. The maximum absolute atomic E-state index is 11.7. The normalized spacial score (nSPS) is 19.2. The summed E-state index contributed by atoms with van der Waals surface area (Å²) >= 11 is 0. The lowest BCUT2D eigenvalue weighted by Crippen LogP contribution is -2.43. The molecule has 6 heteroatoms. The highest BCUT2D eigenvalue weighted by atomic mass is 35.5. The van der Waals surface area contributed by atoms with Crippen LogP contribution in [0.5, 0.6) is 0 Å². The number of benzene rings is 1. The number of rotatable bonds is 4. The van der Waals surface area contributed by atoms with Crippen molar-refractivity contribution in [3.63, 3.8) is 0 Å². The predicted octanol–water partition coefficient (Wildman–Crippen LogP) is 0.503. The van der Waals surface area contributed by atoms with Crippen LogP contribution in [-0.4, -0.2) is 24.4 Å². The smallest absolute Gasteiger partial charge is 0.242 e. The second-order valence-electron chi connectivity index (χ2n) is 4.42. The third-order valence-corrected chi connectivity index (χ3v) is 3.04. The summed E-state index contributed by atoms with van der Waals surface area (Å²) < 4.78 is 0. The van der Waals surface area contributed by atoms with Gasteiger partial charge in [-0.3, -0.25) is 9.59 Å². The average Bonchev–Trinajstić information content (AvgIpc) is 2.83. The summed E-state index contributed by atoms with van der Waals surface area (Å²) in [5, 5.41) is 5.39. The Bertz CT molecular complexity index is 439. The van der Waals surface area contributed by atoms with E-state index >= 15 is 0 Å². The van der Waals surface area contributed by atoms with Crippen LogP contribution in [0.1, 0.15) is 24.4 Å². The molecule has 2 amide bonds. The van der Waals surface area contributed by atoms with Crippen LogP contribution in [0.3, 0.4) is 0 Å². The lowest BCUT2D eigenvalue weighted by molar-refractivity contribution is -0.125.